The Morgan fingerprint density at radius 2 is 1.92 bits per heavy atom. The number of carbonyl (C=O) groups is 3. The van der Waals surface area contributed by atoms with Crippen molar-refractivity contribution in [2.45, 2.75) is 20.0 Å². The van der Waals surface area contributed by atoms with E-state index in [-0.39, 0.29) is 18.1 Å². The summed E-state index contributed by atoms with van der Waals surface area (Å²) in [6.45, 7) is 1.65. The summed E-state index contributed by atoms with van der Waals surface area (Å²) in [4.78, 5) is 38.9. The second kappa shape index (κ2) is 11.2. The molecule has 1 saturated heterocycles. The van der Waals surface area contributed by atoms with Gasteiger partial charge in [-0.1, -0.05) is 53.2 Å². The van der Waals surface area contributed by atoms with Gasteiger partial charge in [0.1, 0.15) is 30.4 Å². The number of hydrogen-bond donors (Lipinski definition) is 2. The van der Waals surface area contributed by atoms with Gasteiger partial charge in [0.25, 0.3) is 5.91 Å². The van der Waals surface area contributed by atoms with E-state index in [1.165, 1.54) is 18.2 Å². The summed E-state index contributed by atoms with van der Waals surface area (Å²) in [5.74, 6) is -1.04. The number of carbonyl (C=O) groups excluding carboxylic acids is 3. The Kier molecular flexibility index (Phi) is 7.80. The summed E-state index contributed by atoms with van der Waals surface area (Å²) in [5, 5.41) is 5.28. The van der Waals surface area contributed by atoms with Gasteiger partial charge in [-0.3, -0.25) is 9.59 Å². The van der Waals surface area contributed by atoms with Crippen molar-refractivity contribution in [3.05, 3.63) is 99.4 Å². The van der Waals surface area contributed by atoms with E-state index in [1.807, 2.05) is 19.1 Å². The molecule has 0 aliphatic carbocycles. The summed E-state index contributed by atoms with van der Waals surface area (Å²) in [6.07, 6.45) is 2.21. The van der Waals surface area contributed by atoms with Crippen LogP contribution in [0, 0.1) is 5.82 Å². The van der Waals surface area contributed by atoms with E-state index in [9.17, 15) is 18.8 Å². The number of urea groups is 1. The number of amides is 4. The first-order chi connectivity index (χ1) is 17.3. The number of imide groups is 1. The Bertz CT molecular complexity index is 1360. The molecule has 4 rings (SSSR count). The second-order valence-electron chi connectivity index (χ2n) is 8.04. The fourth-order valence-corrected chi connectivity index (χ4v) is 4.08. The highest BCUT2D eigenvalue weighted by atomic mass is 79.9. The molecule has 0 bridgehead atoms. The van der Waals surface area contributed by atoms with Crippen LogP contribution in [-0.2, 0) is 22.6 Å². The van der Waals surface area contributed by atoms with Gasteiger partial charge in [0.2, 0.25) is 5.91 Å². The summed E-state index contributed by atoms with van der Waals surface area (Å²) in [7, 11) is 0. The number of aryl methyl sites for hydroxylation is 1. The molecule has 1 aliphatic heterocycles. The molecule has 184 valence electrons. The molecule has 0 radical (unpaired) electrons. The van der Waals surface area contributed by atoms with Crippen molar-refractivity contribution in [2.75, 3.05) is 11.9 Å². The highest BCUT2D eigenvalue weighted by Crippen LogP contribution is 2.27. The maximum Gasteiger partial charge on any atom is 0.329 e. The summed E-state index contributed by atoms with van der Waals surface area (Å²) in [6, 6.07) is 17.9. The minimum Gasteiger partial charge on any atom is -0.488 e. The molecular formula is C27H23BrFN3O4. The fraction of sp³-hybridized carbons (Fsp3) is 0.148. The fourth-order valence-electron chi connectivity index (χ4n) is 3.71. The van der Waals surface area contributed by atoms with Gasteiger partial charge in [0.05, 0.1) is 0 Å². The van der Waals surface area contributed by atoms with E-state index in [4.69, 9.17) is 4.74 Å². The molecule has 2 N–H and O–H groups in total. The van der Waals surface area contributed by atoms with E-state index in [2.05, 4.69) is 26.6 Å². The van der Waals surface area contributed by atoms with Crippen LogP contribution >= 0.6 is 15.9 Å². The van der Waals surface area contributed by atoms with Gasteiger partial charge in [-0.2, -0.15) is 0 Å². The molecule has 3 aromatic rings. The Morgan fingerprint density at radius 1 is 1.11 bits per heavy atom. The van der Waals surface area contributed by atoms with Gasteiger partial charge in [-0.15, -0.1) is 0 Å². The number of benzene rings is 3. The van der Waals surface area contributed by atoms with E-state index in [0.29, 0.717) is 22.6 Å². The number of para-hydroxylation sites is 1. The number of nitrogens with zero attached hydrogens (tertiary/aromatic N) is 1. The van der Waals surface area contributed by atoms with Crippen LogP contribution in [0.15, 0.2) is 76.9 Å². The lowest BCUT2D eigenvalue weighted by molar-refractivity contribution is -0.127. The van der Waals surface area contributed by atoms with Crippen LogP contribution < -0.4 is 15.4 Å². The van der Waals surface area contributed by atoms with Gasteiger partial charge in [-0.25, -0.2) is 14.1 Å². The molecular weight excluding hydrogens is 529 g/mol. The third-order valence-electron chi connectivity index (χ3n) is 5.49. The zero-order valence-corrected chi connectivity index (χ0v) is 21.0. The maximum atomic E-state index is 13.5. The third-order valence-corrected chi connectivity index (χ3v) is 5.98. The van der Waals surface area contributed by atoms with E-state index < -0.39 is 24.4 Å². The van der Waals surface area contributed by atoms with Gasteiger partial charge in [-0.05, 0) is 60.0 Å². The lowest BCUT2D eigenvalue weighted by Gasteiger charge is -2.13. The Morgan fingerprint density at radius 3 is 2.69 bits per heavy atom. The minimum absolute atomic E-state index is 0.00969. The van der Waals surface area contributed by atoms with Crippen LogP contribution in [0.4, 0.5) is 14.9 Å². The summed E-state index contributed by atoms with van der Waals surface area (Å²) < 4.78 is 20.1. The Labute approximate surface area is 216 Å². The van der Waals surface area contributed by atoms with Crippen molar-refractivity contribution >= 4 is 45.5 Å². The van der Waals surface area contributed by atoms with Crippen LogP contribution in [-0.4, -0.2) is 29.3 Å². The summed E-state index contributed by atoms with van der Waals surface area (Å²) in [5.41, 5.74) is 2.76. The molecule has 1 heterocycles. The zero-order valence-electron chi connectivity index (χ0n) is 19.4. The molecule has 36 heavy (non-hydrogen) atoms. The molecule has 0 unspecified atom stereocenters. The second-order valence-corrected chi connectivity index (χ2v) is 8.95. The van der Waals surface area contributed by atoms with Gasteiger partial charge >= 0.3 is 6.03 Å². The smallest absolute Gasteiger partial charge is 0.329 e. The number of rotatable bonds is 8. The molecule has 4 amide bonds. The van der Waals surface area contributed by atoms with Crippen LogP contribution in [0.3, 0.4) is 0 Å². The van der Waals surface area contributed by atoms with Crippen molar-refractivity contribution in [3.63, 3.8) is 0 Å². The molecule has 7 nitrogen and oxygen atoms in total. The van der Waals surface area contributed by atoms with Crippen LogP contribution in [0.25, 0.3) is 6.08 Å². The first-order valence-corrected chi connectivity index (χ1v) is 12.0. The number of anilines is 1. The molecule has 0 aromatic heterocycles. The van der Waals surface area contributed by atoms with E-state index in [0.717, 1.165) is 21.4 Å². The molecule has 0 atom stereocenters. The first-order valence-electron chi connectivity index (χ1n) is 11.2. The molecule has 0 spiro atoms. The normalized spacial score (nSPS) is 14.2. The van der Waals surface area contributed by atoms with Gasteiger partial charge in [0, 0.05) is 15.7 Å². The molecule has 1 aliphatic rings. The third kappa shape index (κ3) is 5.98. The van der Waals surface area contributed by atoms with E-state index in [1.54, 1.807) is 42.5 Å². The van der Waals surface area contributed by atoms with Crippen molar-refractivity contribution in [1.29, 1.82) is 0 Å². The topological polar surface area (TPSA) is 87.7 Å². The molecule has 0 saturated carbocycles. The average Bonchev–Trinajstić information content (AvgIpc) is 3.11. The molecule has 1 fully saturated rings. The largest absolute Gasteiger partial charge is 0.488 e. The highest BCUT2D eigenvalue weighted by molar-refractivity contribution is 9.10. The zero-order chi connectivity index (χ0) is 25.7. The quantitative estimate of drug-likeness (QED) is 0.295. The van der Waals surface area contributed by atoms with Crippen molar-refractivity contribution in [2.24, 2.45) is 0 Å². The Balaban J connectivity index is 1.49. The minimum atomic E-state index is -0.692. The molecule has 3 aromatic carbocycles. The monoisotopic (exact) mass is 551 g/mol. The van der Waals surface area contributed by atoms with Crippen molar-refractivity contribution in [3.8, 4) is 5.75 Å². The number of nitrogens with one attached hydrogen (secondary N) is 2. The number of halogens is 2. The highest BCUT2D eigenvalue weighted by Gasteiger charge is 2.35. The average molecular weight is 552 g/mol. The first kappa shape index (κ1) is 25.1. The molecule has 9 heteroatoms. The van der Waals surface area contributed by atoms with E-state index >= 15 is 0 Å². The number of ether oxygens (including phenoxy) is 1. The lowest BCUT2D eigenvalue weighted by Crippen LogP contribution is -2.38. The standard InChI is InChI=1S/C27H23BrFN3O4/c1-2-18-7-3-4-9-22(18)30-25(33)15-32-26(34)23(31-27(32)35)14-19-13-20(28)10-11-24(19)36-16-17-6-5-8-21(29)12-17/h3-14H,2,15-16H2,1H3,(H,30,33)(H,31,35)/b23-14+. The van der Waals surface area contributed by atoms with Crippen molar-refractivity contribution < 1.29 is 23.5 Å². The predicted octanol–water partition coefficient (Wildman–Crippen LogP) is 5.26. The van der Waals surface area contributed by atoms with Crippen LogP contribution in [0.2, 0.25) is 0 Å². The number of hydrogen-bond acceptors (Lipinski definition) is 4. The SMILES string of the molecule is CCc1ccccc1NC(=O)CN1C(=O)N/C(=C/c2cc(Br)ccc2OCc2cccc(F)c2)C1=O. The van der Waals surface area contributed by atoms with Gasteiger partial charge in [0.15, 0.2) is 0 Å². The maximum absolute atomic E-state index is 13.5. The van der Waals surface area contributed by atoms with Crippen LogP contribution in [0.5, 0.6) is 5.75 Å². The van der Waals surface area contributed by atoms with Crippen molar-refractivity contribution in [1.82, 2.24) is 10.2 Å². The Hall–Kier alpha value is -3.98. The van der Waals surface area contributed by atoms with Gasteiger partial charge < -0.3 is 15.4 Å². The lowest BCUT2D eigenvalue weighted by atomic mass is 10.1. The summed E-state index contributed by atoms with van der Waals surface area (Å²) >= 11 is 3.40. The predicted molar refractivity (Wildman–Crippen MR) is 138 cm³/mol. The van der Waals surface area contributed by atoms with Crippen LogP contribution in [0.1, 0.15) is 23.6 Å².